The largest absolute Gasteiger partial charge is 0.208 e. The fraction of sp³-hybridized carbons (Fsp3) is 0.167. The Bertz CT molecular complexity index is 2790. The summed E-state index contributed by atoms with van der Waals surface area (Å²) >= 11 is 0. The lowest BCUT2D eigenvalue weighted by atomic mass is 9.67. The molecule has 1 saturated carbocycles. The normalized spacial score (nSPS) is 15.5. The molecule has 1 fully saturated rings. The maximum Gasteiger partial charge on any atom is 0.164 e. The molecule has 1 heterocycles. The molecule has 11 rings (SSSR count). The summed E-state index contributed by atoms with van der Waals surface area (Å²) in [6, 6.07) is 59.5. The zero-order valence-corrected chi connectivity index (χ0v) is 32.5. The molecular weight excluding hydrogens is 691 g/mol. The highest BCUT2D eigenvalue weighted by molar-refractivity contribution is 5.91. The molecule has 57 heavy (non-hydrogen) atoms. The first kappa shape index (κ1) is 33.9. The van der Waals surface area contributed by atoms with Crippen LogP contribution in [0.5, 0.6) is 0 Å². The molecule has 3 aliphatic carbocycles. The molecule has 3 heteroatoms. The van der Waals surface area contributed by atoms with Gasteiger partial charge in [0.1, 0.15) is 0 Å². The van der Waals surface area contributed by atoms with Crippen LogP contribution in [0.2, 0.25) is 0 Å². The quantitative estimate of drug-likeness (QED) is 0.177. The van der Waals surface area contributed by atoms with Gasteiger partial charge in [-0.15, -0.1) is 0 Å². The van der Waals surface area contributed by atoms with Crippen molar-refractivity contribution in [3.8, 4) is 78.7 Å². The highest BCUT2D eigenvalue weighted by Gasteiger charge is 2.46. The molecule has 0 saturated heterocycles. The van der Waals surface area contributed by atoms with E-state index in [-0.39, 0.29) is 10.8 Å². The highest BCUT2D eigenvalue weighted by atomic mass is 15.0. The first-order valence-electron chi connectivity index (χ1n) is 20.5. The molecule has 0 bridgehead atoms. The van der Waals surface area contributed by atoms with E-state index in [1.165, 1.54) is 87.7 Å². The fourth-order valence-electron chi connectivity index (χ4n) is 10.2. The molecule has 274 valence electrons. The predicted molar refractivity (Wildman–Crippen MR) is 234 cm³/mol. The minimum absolute atomic E-state index is 0.0149. The second-order valence-electron chi connectivity index (χ2n) is 16.7. The van der Waals surface area contributed by atoms with Crippen LogP contribution in [0.1, 0.15) is 68.2 Å². The Kier molecular flexibility index (Phi) is 7.76. The second-order valence-corrected chi connectivity index (χ2v) is 16.7. The Balaban J connectivity index is 0.982. The molecule has 0 aliphatic heterocycles. The van der Waals surface area contributed by atoms with E-state index in [0.717, 1.165) is 22.3 Å². The molecular formula is C54H43N3. The topological polar surface area (TPSA) is 38.7 Å². The van der Waals surface area contributed by atoms with Gasteiger partial charge in [0.05, 0.1) is 0 Å². The maximum absolute atomic E-state index is 5.01. The highest BCUT2D eigenvalue weighted by Crippen LogP contribution is 2.60. The number of benzene rings is 7. The van der Waals surface area contributed by atoms with Crippen molar-refractivity contribution in [1.29, 1.82) is 0 Å². The third-order valence-corrected chi connectivity index (χ3v) is 13.1. The van der Waals surface area contributed by atoms with Gasteiger partial charge >= 0.3 is 0 Å². The first-order valence-corrected chi connectivity index (χ1v) is 20.5. The van der Waals surface area contributed by atoms with Crippen LogP contribution < -0.4 is 0 Å². The summed E-state index contributed by atoms with van der Waals surface area (Å²) in [5.74, 6) is 1.99. The first-order chi connectivity index (χ1) is 28.0. The third kappa shape index (κ3) is 5.44. The van der Waals surface area contributed by atoms with E-state index < -0.39 is 0 Å². The van der Waals surface area contributed by atoms with Crippen molar-refractivity contribution in [3.05, 3.63) is 186 Å². The van der Waals surface area contributed by atoms with E-state index in [1.54, 1.807) is 5.56 Å². The second kappa shape index (κ2) is 13.1. The standard InChI is InChI=1S/C54H43N3/c1-53(2)46-25-11-10-24-42(46)44-34-49-45(33-47(44)53)43-27-26-40(32-48(43)54(49)28-12-5-13-29-54)38-21-14-20-37(30-38)39-22-15-23-41(31-39)52-56-50(35-16-6-3-7-17-35)55-51(57-52)36-18-8-4-9-19-36/h3-4,6-11,14-27,30-34H,5,12-13,28-29H2,1-2H3. The minimum Gasteiger partial charge on any atom is -0.208 e. The van der Waals surface area contributed by atoms with Crippen LogP contribution in [0.3, 0.4) is 0 Å². The van der Waals surface area contributed by atoms with Gasteiger partial charge in [-0.25, -0.2) is 15.0 Å². The lowest BCUT2D eigenvalue weighted by molar-refractivity contribution is 0.353. The van der Waals surface area contributed by atoms with Crippen LogP contribution in [-0.2, 0) is 10.8 Å². The van der Waals surface area contributed by atoms with Crippen LogP contribution in [0.4, 0.5) is 0 Å². The van der Waals surface area contributed by atoms with Crippen molar-refractivity contribution in [2.45, 2.75) is 56.8 Å². The summed E-state index contributed by atoms with van der Waals surface area (Å²) in [7, 11) is 0. The van der Waals surface area contributed by atoms with Crippen LogP contribution in [0.15, 0.2) is 164 Å². The number of aromatic nitrogens is 3. The number of hydrogen-bond donors (Lipinski definition) is 0. The zero-order chi connectivity index (χ0) is 38.1. The average molecular weight is 734 g/mol. The van der Waals surface area contributed by atoms with Gasteiger partial charge in [0.15, 0.2) is 17.5 Å². The lowest BCUT2D eigenvalue weighted by Crippen LogP contribution is -2.28. The van der Waals surface area contributed by atoms with E-state index in [4.69, 9.17) is 15.0 Å². The van der Waals surface area contributed by atoms with Crippen LogP contribution in [-0.4, -0.2) is 15.0 Å². The maximum atomic E-state index is 5.01. The van der Waals surface area contributed by atoms with Gasteiger partial charge in [-0.05, 0) is 110 Å². The molecule has 3 nitrogen and oxygen atoms in total. The number of hydrogen-bond acceptors (Lipinski definition) is 3. The van der Waals surface area contributed by atoms with E-state index in [0.29, 0.717) is 17.5 Å². The van der Waals surface area contributed by atoms with Gasteiger partial charge in [-0.1, -0.05) is 167 Å². The predicted octanol–water partition coefficient (Wildman–Crippen LogP) is 13.7. The summed E-state index contributed by atoms with van der Waals surface area (Å²) in [5.41, 5.74) is 19.5. The van der Waals surface area contributed by atoms with Crippen LogP contribution in [0.25, 0.3) is 78.7 Å². The summed E-state index contributed by atoms with van der Waals surface area (Å²) in [6.45, 7) is 4.80. The molecule has 0 N–H and O–H groups in total. The molecule has 1 spiro atoms. The number of fused-ring (bicyclic) bond motifs is 8. The Morgan fingerprint density at radius 3 is 1.44 bits per heavy atom. The lowest BCUT2D eigenvalue weighted by Gasteiger charge is -2.36. The zero-order valence-electron chi connectivity index (χ0n) is 32.5. The van der Waals surface area contributed by atoms with Crippen molar-refractivity contribution < 1.29 is 0 Å². The van der Waals surface area contributed by atoms with E-state index in [2.05, 4.69) is 141 Å². The minimum atomic E-state index is -0.0149. The van der Waals surface area contributed by atoms with Gasteiger partial charge in [0.25, 0.3) is 0 Å². The van der Waals surface area contributed by atoms with E-state index in [9.17, 15) is 0 Å². The molecule has 0 atom stereocenters. The Morgan fingerprint density at radius 1 is 0.333 bits per heavy atom. The molecule has 0 amide bonds. The summed E-state index contributed by atoms with van der Waals surface area (Å²) in [6.07, 6.45) is 6.29. The third-order valence-electron chi connectivity index (χ3n) is 13.1. The molecule has 7 aromatic carbocycles. The van der Waals surface area contributed by atoms with Gasteiger partial charge in [-0.2, -0.15) is 0 Å². The summed E-state index contributed by atoms with van der Waals surface area (Å²) in [4.78, 5) is 14.9. The van der Waals surface area contributed by atoms with Gasteiger partial charge < -0.3 is 0 Å². The van der Waals surface area contributed by atoms with Crippen LogP contribution in [0, 0.1) is 0 Å². The summed E-state index contributed by atoms with van der Waals surface area (Å²) in [5, 5.41) is 0. The van der Waals surface area contributed by atoms with Crippen molar-refractivity contribution in [1.82, 2.24) is 15.0 Å². The van der Waals surface area contributed by atoms with Crippen molar-refractivity contribution in [2.75, 3.05) is 0 Å². The number of rotatable bonds is 5. The Morgan fingerprint density at radius 2 is 0.789 bits per heavy atom. The van der Waals surface area contributed by atoms with Gasteiger partial charge in [0.2, 0.25) is 0 Å². The smallest absolute Gasteiger partial charge is 0.164 e. The Labute approximate surface area is 335 Å². The Hall–Kier alpha value is -6.45. The van der Waals surface area contributed by atoms with E-state index >= 15 is 0 Å². The SMILES string of the molecule is CC1(C)c2ccccc2-c2cc3c(cc21)-c1ccc(-c2cccc(-c4cccc(-c5nc(-c6ccccc6)nc(-c6ccccc6)n5)c4)c2)cc1C31CCCCC1. The molecule has 1 aromatic heterocycles. The summed E-state index contributed by atoms with van der Waals surface area (Å²) < 4.78 is 0. The molecule has 8 aromatic rings. The van der Waals surface area contributed by atoms with Gasteiger partial charge in [-0.3, -0.25) is 0 Å². The molecule has 0 radical (unpaired) electrons. The fourth-order valence-corrected chi connectivity index (χ4v) is 10.2. The van der Waals surface area contributed by atoms with E-state index in [1.807, 2.05) is 36.4 Å². The monoisotopic (exact) mass is 733 g/mol. The molecule has 3 aliphatic rings. The van der Waals surface area contributed by atoms with Crippen molar-refractivity contribution in [3.63, 3.8) is 0 Å². The van der Waals surface area contributed by atoms with Crippen LogP contribution >= 0.6 is 0 Å². The van der Waals surface area contributed by atoms with Gasteiger partial charge in [0, 0.05) is 27.5 Å². The molecule has 0 unspecified atom stereocenters. The van der Waals surface area contributed by atoms with Crippen molar-refractivity contribution in [2.24, 2.45) is 0 Å². The average Bonchev–Trinajstić information content (AvgIpc) is 3.66. The number of nitrogens with zero attached hydrogens (tertiary/aromatic N) is 3. The van der Waals surface area contributed by atoms with Crippen molar-refractivity contribution >= 4 is 0 Å².